The second-order valence-corrected chi connectivity index (χ2v) is 5.34. The van der Waals surface area contributed by atoms with E-state index in [0.717, 1.165) is 12.1 Å². The van der Waals surface area contributed by atoms with Crippen LogP contribution in [0.15, 0.2) is 42.5 Å². The molecule has 0 bridgehead atoms. The van der Waals surface area contributed by atoms with E-state index in [1.807, 2.05) is 0 Å². The van der Waals surface area contributed by atoms with Gasteiger partial charge in [0, 0.05) is 5.56 Å². The highest BCUT2D eigenvalue weighted by Crippen LogP contribution is 2.16. The van der Waals surface area contributed by atoms with Crippen LogP contribution in [0.5, 0.6) is 5.75 Å². The Morgan fingerprint density at radius 1 is 1.12 bits per heavy atom. The number of benzene rings is 2. The molecule has 0 saturated carbocycles. The van der Waals surface area contributed by atoms with Crippen molar-refractivity contribution in [3.8, 4) is 5.75 Å². The maximum Gasteiger partial charge on any atom is 0.258 e. The first-order valence-corrected chi connectivity index (χ1v) is 7.35. The second-order valence-electron chi connectivity index (χ2n) is 5.34. The van der Waals surface area contributed by atoms with Crippen LogP contribution in [-0.2, 0) is 4.79 Å². The molecule has 1 N–H and O–H groups in total. The summed E-state index contributed by atoms with van der Waals surface area (Å²) >= 11 is 0. The molecule has 0 saturated heterocycles. The van der Waals surface area contributed by atoms with E-state index in [-0.39, 0.29) is 12.4 Å². The van der Waals surface area contributed by atoms with Crippen LogP contribution in [0.2, 0.25) is 0 Å². The highest BCUT2D eigenvalue weighted by Gasteiger charge is 2.12. The van der Waals surface area contributed by atoms with E-state index in [1.54, 1.807) is 31.2 Å². The van der Waals surface area contributed by atoms with Gasteiger partial charge in [0.25, 0.3) is 5.91 Å². The predicted octanol–water partition coefficient (Wildman–Crippen LogP) is 3.42. The Hall–Kier alpha value is -2.76. The first-order valence-electron chi connectivity index (χ1n) is 7.35. The van der Waals surface area contributed by atoms with Crippen molar-refractivity contribution in [2.24, 2.45) is 0 Å². The van der Waals surface area contributed by atoms with Crippen molar-refractivity contribution >= 4 is 11.7 Å². The van der Waals surface area contributed by atoms with E-state index in [2.05, 4.69) is 5.32 Å². The van der Waals surface area contributed by atoms with Gasteiger partial charge in [0.15, 0.2) is 24.0 Å². The minimum Gasteiger partial charge on any atom is -0.484 e. The number of Topliss-reactive ketones (excluding diaryl/α,β-unsaturated/α-hetero) is 1. The van der Waals surface area contributed by atoms with Crippen molar-refractivity contribution in [1.82, 2.24) is 5.32 Å². The lowest BCUT2D eigenvalue weighted by Crippen LogP contribution is -2.31. The number of carbonyl (C=O) groups is 2. The van der Waals surface area contributed by atoms with Crippen LogP contribution in [-0.4, -0.2) is 18.3 Å². The topological polar surface area (TPSA) is 55.4 Å². The van der Waals surface area contributed by atoms with E-state index in [9.17, 15) is 18.4 Å². The molecule has 0 aliphatic carbocycles. The zero-order chi connectivity index (χ0) is 17.7. The molecular formula is C18H17F2NO3. The van der Waals surface area contributed by atoms with E-state index in [1.165, 1.54) is 13.0 Å². The lowest BCUT2D eigenvalue weighted by atomic mass is 10.1. The minimum atomic E-state index is -0.967. The van der Waals surface area contributed by atoms with Gasteiger partial charge in [-0.1, -0.05) is 18.2 Å². The molecule has 6 heteroatoms. The van der Waals surface area contributed by atoms with Crippen LogP contribution in [0.25, 0.3) is 0 Å². The smallest absolute Gasteiger partial charge is 0.258 e. The summed E-state index contributed by atoms with van der Waals surface area (Å²) in [7, 11) is 0. The van der Waals surface area contributed by atoms with Gasteiger partial charge < -0.3 is 10.1 Å². The number of nitrogens with one attached hydrogen (secondary N) is 1. The van der Waals surface area contributed by atoms with Gasteiger partial charge in [0.05, 0.1) is 6.04 Å². The van der Waals surface area contributed by atoms with Crippen LogP contribution < -0.4 is 10.1 Å². The summed E-state index contributed by atoms with van der Waals surface area (Å²) in [4.78, 5) is 23.2. The average Bonchev–Trinajstić information content (AvgIpc) is 2.55. The number of hydrogen-bond acceptors (Lipinski definition) is 3. The number of carbonyl (C=O) groups excluding carboxylic acids is 2. The molecule has 2 rings (SSSR count). The quantitative estimate of drug-likeness (QED) is 0.824. The predicted molar refractivity (Wildman–Crippen MR) is 84.9 cm³/mol. The van der Waals surface area contributed by atoms with Crippen LogP contribution in [0.1, 0.15) is 35.8 Å². The molecule has 1 atom stereocenters. The van der Waals surface area contributed by atoms with Crippen molar-refractivity contribution in [1.29, 1.82) is 0 Å². The molecule has 0 radical (unpaired) electrons. The Bertz CT molecular complexity index is 762. The molecule has 0 heterocycles. The number of halogens is 2. The maximum atomic E-state index is 13.2. The Morgan fingerprint density at radius 3 is 2.54 bits per heavy atom. The number of hydrogen-bond donors (Lipinski definition) is 1. The largest absolute Gasteiger partial charge is 0.484 e. The fourth-order valence-electron chi connectivity index (χ4n) is 2.10. The lowest BCUT2D eigenvalue weighted by Gasteiger charge is -2.15. The maximum absolute atomic E-state index is 13.2. The zero-order valence-corrected chi connectivity index (χ0v) is 13.3. The molecule has 4 nitrogen and oxygen atoms in total. The van der Waals surface area contributed by atoms with E-state index >= 15 is 0 Å². The molecule has 0 aromatic heterocycles. The molecule has 24 heavy (non-hydrogen) atoms. The van der Waals surface area contributed by atoms with Crippen LogP contribution in [0.3, 0.4) is 0 Å². The summed E-state index contributed by atoms with van der Waals surface area (Å²) in [5, 5.41) is 2.63. The summed E-state index contributed by atoms with van der Waals surface area (Å²) < 4.78 is 31.5. The van der Waals surface area contributed by atoms with Gasteiger partial charge in [-0.05, 0) is 43.7 Å². The Balaban J connectivity index is 1.92. The molecule has 1 amide bonds. The molecule has 0 fully saturated rings. The third-order valence-electron chi connectivity index (χ3n) is 3.43. The number of amides is 1. The summed E-state index contributed by atoms with van der Waals surface area (Å²) in [6.45, 7) is 2.84. The molecule has 1 unspecified atom stereocenters. The fourth-order valence-corrected chi connectivity index (χ4v) is 2.10. The highest BCUT2D eigenvalue weighted by atomic mass is 19.2. The summed E-state index contributed by atoms with van der Waals surface area (Å²) in [5.41, 5.74) is 0.934. The minimum absolute atomic E-state index is 0.100. The SMILES string of the molecule is CC(=O)c1cccc(OCC(=O)NC(C)c2ccc(F)c(F)c2)c1. The number of ketones is 1. The van der Waals surface area contributed by atoms with Crippen molar-refractivity contribution in [2.45, 2.75) is 19.9 Å². The van der Waals surface area contributed by atoms with Crippen molar-refractivity contribution in [3.63, 3.8) is 0 Å². The van der Waals surface area contributed by atoms with Gasteiger partial charge in [0.1, 0.15) is 5.75 Å². The molecular weight excluding hydrogens is 316 g/mol. The molecule has 0 aliphatic heterocycles. The fraction of sp³-hybridized carbons (Fsp3) is 0.222. The van der Waals surface area contributed by atoms with Gasteiger partial charge >= 0.3 is 0 Å². The van der Waals surface area contributed by atoms with Crippen LogP contribution in [0, 0.1) is 11.6 Å². The average molecular weight is 333 g/mol. The highest BCUT2D eigenvalue weighted by molar-refractivity contribution is 5.94. The first kappa shape index (κ1) is 17.6. The van der Waals surface area contributed by atoms with Crippen molar-refractivity contribution in [2.75, 3.05) is 6.61 Å². The van der Waals surface area contributed by atoms with Gasteiger partial charge in [-0.2, -0.15) is 0 Å². The lowest BCUT2D eigenvalue weighted by molar-refractivity contribution is -0.123. The third kappa shape index (κ3) is 4.62. The Morgan fingerprint density at radius 2 is 1.88 bits per heavy atom. The van der Waals surface area contributed by atoms with Gasteiger partial charge in [-0.3, -0.25) is 9.59 Å². The molecule has 2 aromatic rings. The summed E-state index contributed by atoms with van der Waals surface area (Å²) in [6, 6.07) is 9.45. The molecule has 2 aromatic carbocycles. The Labute approximate surface area is 138 Å². The summed E-state index contributed by atoms with van der Waals surface area (Å²) in [6.07, 6.45) is 0. The van der Waals surface area contributed by atoms with Crippen molar-refractivity contribution < 1.29 is 23.1 Å². The molecule has 0 spiro atoms. The normalized spacial score (nSPS) is 11.7. The second kappa shape index (κ2) is 7.68. The van der Waals surface area contributed by atoms with E-state index in [4.69, 9.17) is 4.74 Å². The van der Waals surface area contributed by atoms with E-state index < -0.39 is 23.6 Å². The number of rotatable bonds is 6. The van der Waals surface area contributed by atoms with Gasteiger partial charge in [-0.25, -0.2) is 8.78 Å². The van der Waals surface area contributed by atoms with E-state index in [0.29, 0.717) is 16.9 Å². The first-order chi connectivity index (χ1) is 11.4. The number of ether oxygens (including phenoxy) is 1. The van der Waals surface area contributed by atoms with Crippen LogP contribution >= 0.6 is 0 Å². The zero-order valence-electron chi connectivity index (χ0n) is 13.3. The third-order valence-corrected chi connectivity index (χ3v) is 3.43. The van der Waals surface area contributed by atoms with Gasteiger partial charge in [-0.15, -0.1) is 0 Å². The molecule has 126 valence electrons. The summed E-state index contributed by atoms with van der Waals surface area (Å²) in [5.74, 6) is -2.02. The monoisotopic (exact) mass is 333 g/mol. The van der Waals surface area contributed by atoms with Crippen LogP contribution in [0.4, 0.5) is 8.78 Å². The van der Waals surface area contributed by atoms with Gasteiger partial charge in [0.2, 0.25) is 0 Å². The van der Waals surface area contributed by atoms with Crippen molar-refractivity contribution in [3.05, 3.63) is 65.2 Å². The molecule has 0 aliphatic rings. The Kier molecular flexibility index (Phi) is 5.63. The standard InChI is InChI=1S/C18H17F2NO3/c1-11(13-6-7-16(19)17(20)9-13)21-18(23)10-24-15-5-3-4-14(8-15)12(2)22/h3-9,11H,10H2,1-2H3,(H,21,23).